The highest BCUT2D eigenvalue weighted by atomic mass is 35.5. The van der Waals surface area contributed by atoms with Crippen molar-refractivity contribution in [3.8, 4) is 0 Å². The fraction of sp³-hybridized carbons (Fsp3) is 0.562. The minimum atomic E-state index is -0.326. The maximum Gasteiger partial charge on any atom is 0.244 e. The Morgan fingerprint density at radius 3 is 2.65 bits per heavy atom. The molecule has 1 amide bonds. The summed E-state index contributed by atoms with van der Waals surface area (Å²) in [5.74, 6) is -0.0213. The average Bonchev–Trinajstić information content (AvgIpc) is 3.04. The van der Waals surface area contributed by atoms with Gasteiger partial charge in [0.15, 0.2) is 0 Å². The monoisotopic (exact) mass is 337 g/mol. The van der Waals surface area contributed by atoms with Gasteiger partial charge in [0.2, 0.25) is 5.91 Å². The molecule has 7 heteroatoms. The normalized spacial score (nSPS) is 12.4. The molecule has 0 saturated carbocycles. The molecule has 1 atom stereocenters. The zero-order valence-corrected chi connectivity index (χ0v) is 14.9. The summed E-state index contributed by atoms with van der Waals surface area (Å²) in [6.45, 7) is 9.14. The molecule has 0 aliphatic rings. The van der Waals surface area contributed by atoms with E-state index in [2.05, 4.69) is 15.5 Å². The third kappa shape index (κ3) is 3.93. The van der Waals surface area contributed by atoms with Gasteiger partial charge in [-0.1, -0.05) is 18.5 Å². The van der Waals surface area contributed by atoms with Crippen molar-refractivity contribution in [2.75, 3.05) is 6.54 Å². The SMILES string of the molecule is CCC(C(=O)NCCCn1nccc1C)n1nc(C)c(Cl)c1C. The maximum absolute atomic E-state index is 12.4. The molecule has 0 fully saturated rings. The van der Waals surface area contributed by atoms with Gasteiger partial charge in [-0.2, -0.15) is 10.2 Å². The number of nitrogens with one attached hydrogen (secondary N) is 1. The first-order valence-electron chi connectivity index (χ1n) is 7.93. The topological polar surface area (TPSA) is 64.7 Å². The van der Waals surface area contributed by atoms with Gasteiger partial charge in [0.1, 0.15) is 6.04 Å². The zero-order valence-electron chi connectivity index (χ0n) is 14.1. The van der Waals surface area contributed by atoms with Crippen LogP contribution in [0.2, 0.25) is 5.02 Å². The third-order valence-corrected chi connectivity index (χ3v) is 4.54. The Morgan fingerprint density at radius 2 is 2.13 bits per heavy atom. The van der Waals surface area contributed by atoms with Crippen LogP contribution in [-0.4, -0.2) is 32.0 Å². The molecular formula is C16H24ClN5O. The lowest BCUT2D eigenvalue weighted by Crippen LogP contribution is -2.34. The van der Waals surface area contributed by atoms with E-state index < -0.39 is 0 Å². The first kappa shape index (κ1) is 17.5. The second-order valence-electron chi connectivity index (χ2n) is 5.69. The number of hydrogen-bond acceptors (Lipinski definition) is 3. The molecule has 2 aromatic heterocycles. The minimum absolute atomic E-state index is 0.0213. The van der Waals surface area contributed by atoms with Gasteiger partial charge in [0.05, 0.1) is 16.4 Å². The summed E-state index contributed by atoms with van der Waals surface area (Å²) < 4.78 is 3.66. The Hall–Kier alpha value is -1.82. The number of nitrogens with zero attached hydrogens (tertiary/aromatic N) is 4. The van der Waals surface area contributed by atoms with Crippen molar-refractivity contribution >= 4 is 17.5 Å². The highest BCUT2D eigenvalue weighted by Gasteiger charge is 2.22. The fourth-order valence-corrected chi connectivity index (χ4v) is 2.73. The largest absolute Gasteiger partial charge is 0.354 e. The molecule has 6 nitrogen and oxygen atoms in total. The molecular weight excluding hydrogens is 314 g/mol. The molecule has 0 spiro atoms. The van der Waals surface area contributed by atoms with E-state index >= 15 is 0 Å². The molecule has 0 aromatic carbocycles. The highest BCUT2D eigenvalue weighted by Crippen LogP contribution is 2.23. The maximum atomic E-state index is 12.4. The van der Waals surface area contributed by atoms with Crippen molar-refractivity contribution < 1.29 is 4.79 Å². The van der Waals surface area contributed by atoms with E-state index in [9.17, 15) is 4.79 Å². The number of rotatable bonds is 7. The molecule has 23 heavy (non-hydrogen) atoms. The zero-order chi connectivity index (χ0) is 17.0. The van der Waals surface area contributed by atoms with Gasteiger partial charge in [-0.15, -0.1) is 0 Å². The van der Waals surface area contributed by atoms with Crippen LogP contribution in [-0.2, 0) is 11.3 Å². The molecule has 2 heterocycles. The first-order chi connectivity index (χ1) is 11.0. The first-order valence-corrected chi connectivity index (χ1v) is 8.30. The van der Waals surface area contributed by atoms with Crippen molar-refractivity contribution in [3.05, 3.63) is 34.4 Å². The van der Waals surface area contributed by atoms with Gasteiger partial charge in [-0.05, 0) is 39.7 Å². The van der Waals surface area contributed by atoms with Crippen LogP contribution in [0.4, 0.5) is 0 Å². The standard InChI is InChI=1S/C16H24ClN5O/c1-5-14(22-13(4)15(17)12(3)20-22)16(23)18-8-6-10-21-11(2)7-9-19-21/h7,9,14H,5-6,8,10H2,1-4H3,(H,18,23). The smallest absolute Gasteiger partial charge is 0.244 e. The fourth-order valence-electron chi connectivity index (χ4n) is 2.61. The molecule has 0 saturated heterocycles. The average molecular weight is 338 g/mol. The Balaban J connectivity index is 1.90. The minimum Gasteiger partial charge on any atom is -0.354 e. The third-order valence-electron chi connectivity index (χ3n) is 4.00. The summed E-state index contributed by atoms with van der Waals surface area (Å²) in [7, 11) is 0. The van der Waals surface area contributed by atoms with E-state index in [4.69, 9.17) is 11.6 Å². The lowest BCUT2D eigenvalue weighted by Gasteiger charge is -2.17. The molecule has 0 aliphatic heterocycles. The number of carbonyl (C=O) groups is 1. The van der Waals surface area contributed by atoms with Crippen LogP contribution in [0, 0.1) is 20.8 Å². The van der Waals surface area contributed by atoms with Gasteiger partial charge in [-0.3, -0.25) is 14.2 Å². The van der Waals surface area contributed by atoms with Crippen molar-refractivity contribution in [2.45, 2.75) is 53.1 Å². The van der Waals surface area contributed by atoms with Gasteiger partial charge in [-0.25, -0.2) is 0 Å². The van der Waals surface area contributed by atoms with Gasteiger partial charge in [0, 0.05) is 25.0 Å². The van der Waals surface area contributed by atoms with Crippen LogP contribution >= 0.6 is 11.6 Å². The lowest BCUT2D eigenvalue weighted by atomic mass is 10.2. The van der Waals surface area contributed by atoms with Gasteiger partial charge in [0.25, 0.3) is 0 Å². The lowest BCUT2D eigenvalue weighted by molar-refractivity contribution is -0.124. The van der Waals surface area contributed by atoms with Gasteiger partial charge < -0.3 is 5.32 Å². The van der Waals surface area contributed by atoms with E-state index in [1.807, 2.05) is 38.4 Å². The summed E-state index contributed by atoms with van der Waals surface area (Å²) in [4.78, 5) is 12.4. The molecule has 0 bridgehead atoms. The van der Waals surface area contributed by atoms with Crippen LogP contribution in [0.1, 0.15) is 42.9 Å². The van der Waals surface area contributed by atoms with E-state index in [1.54, 1.807) is 10.9 Å². The van der Waals surface area contributed by atoms with Crippen molar-refractivity contribution in [3.63, 3.8) is 0 Å². The summed E-state index contributed by atoms with van der Waals surface area (Å²) in [5.41, 5.74) is 2.71. The van der Waals surface area contributed by atoms with Crippen molar-refractivity contribution in [1.29, 1.82) is 0 Å². The predicted octanol–water partition coefficient (Wildman–Crippen LogP) is 2.82. The van der Waals surface area contributed by atoms with E-state index in [1.165, 1.54) is 0 Å². The second kappa shape index (κ2) is 7.64. The summed E-state index contributed by atoms with van der Waals surface area (Å²) in [5, 5.41) is 12.2. The Labute approximate surface area is 141 Å². The molecule has 1 unspecified atom stereocenters. The summed E-state index contributed by atoms with van der Waals surface area (Å²) in [6, 6.07) is 1.64. The Kier molecular flexibility index (Phi) is 5.82. The molecule has 2 rings (SSSR count). The molecule has 1 N–H and O–H groups in total. The molecule has 0 aliphatic carbocycles. The summed E-state index contributed by atoms with van der Waals surface area (Å²) >= 11 is 6.18. The Bertz CT molecular complexity index is 676. The number of carbonyl (C=O) groups excluding carboxylic acids is 1. The predicted molar refractivity (Wildman–Crippen MR) is 90.6 cm³/mol. The molecule has 0 radical (unpaired) electrons. The van der Waals surface area contributed by atoms with E-state index in [0.717, 1.165) is 30.0 Å². The van der Waals surface area contributed by atoms with Crippen LogP contribution < -0.4 is 5.32 Å². The quantitative estimate of drug-likeness (QED) is 0.790. The molecule has 2 aromatic rings. The van der Waals surface area contributed by atoms with Crippen LogP contribution in [0.5, 0.6) is 0 Å². The van der Waals surface area contributed by atoms with Crippen LogP contribution in [0.15, 0.2) is 12.3 Å². The number of hydrogen-bond donors (Lipinski definition) is 1. The van der Waals surface area contributed by atoms with Crippen LogP contribution in [0.25, 0.3) is 0 Å². The van der Waals surface area contributed by atoms with Crippen LogP contribution in [0.3, 0.4) is 0 Å². The number of amides is 1. The molecule has 126 valence electrons. The second-order valence-corrected chi connectivity index (χ2v) is 6.07. The van der Waals surface area contributed by atoms with Crippen molar-refractivity contribution in [2.24, 2.45) is 0 Å². The number of halogens is 1. The van der Waals surface area contributed by atoms with Gasteiger partial charge >= 0.3 is 0 Å². The number of aromatic nitrogens is 4. The van der Waals surface area contributed by atoms with Crippen molar-refractivity contribution in [1.82, 2.24) is 24.9 Å². The van der Waals surface area contributed by atoms with E-state index in [-0.39, 0.29) is 11.9 Å². The summed E-state index contributed by atoms with van der Waals surface area (Å²) in [6.07, 6.45) is 3.29. The highest BCUT2D eigenvalue weighted by molar-refractivity contribution is 6.31. The van der Waals surface area contributed by atoms with E-state index in [0.29, 0.717) is 18.0 Å². The number of aryl methyl sites for hydroxylation is 3. The Morgan fingerprint density at radius 1 is 1.39 bits per heavy atom.